The van der Waals surface area contributed by atoms with Gasteiger partial charge in [-0.2, -0.15) is 0 Å². The lowest BCUT2D eigenvalue weighted by Gasteiger charge is -2.28. The topological polar surface area (TPSA) is 32.3 Å². The molecule has 1 aromatic rings. The Morgan fingerprint density at radius 1 is 1.43 bits per heavy atom. The third-order valence-corrected chi connectivity index (χ3v) is 2.98. The summed E-state index contributed by atoms with van der Waals surface area (Å²) in [6.07, 6.45) is 0. The predicted octanol–water partition coefficient (Wildman–Crippen LogP) is 2.12. The lowest BCUT2D eigenvalue weighted by molar-refractivity contribution is 0.383. The van der Waals surface area contributed by atoms with Crippen molar-refractivity contribution in [1.29, 1.82) is 0 Å². The highest BCUT2D eigenvalue weighted by Gasteiger charge is 2.28. The zero-order valence-corrected chi connectivity index (χ0v) is 8.74. The average Bonchev–Trinajstić information content (AvgIpc) is 2.06. The Hall–Kier alpha value is -0.680. The molecule has 0 saturated carbocycles. The van der Waals surface area contributed by atoms with Crippen molar-refractivity contribution in [2.45, 2.75) is 5.92 Å². The molecular weight excluding hydrogens is 256 g/mol. The molecule has 14 heavy (non-hydrogen) atoms. The van der Waals surface area contributed by atoms with Crippen LogP contribution in [0.4, 0.5) is 8.78 Å². The van der Waals surface area contributed by atoms with Crippen LogP contribution < -0.4 is 5.32 Å². The second-order valence-electron chi connectivity index (χ2n) is 3.27. The molecular formula is C9H8BrF2NO. The summed E-state index contributed by atoms with van der Waals surface area (Å²) in [6.45, 7) is 1.14. The summed E-state index contributed by atoms with van der Waals surface area (Å²) in [5.41, 5.74) is 0.0654. The van der Waals surface area contributed by atoms with Crippen molar-refractivity contribution in [2.75, 3.05) is 13.1 Å². The minimum Gasteiger partial charge on any atom is -0.506 e. The molecule has 2 nitrogen and oxygen atoms in total. The number of nitrogens with one attached hydrogen (secondary N) is 1. The van der Waals surface area contributed by atoms with Crippen LogP contribution in [0, 0.1) is 11.6 Å². The normalized spacial score (nSPS) is 16.8. The standard InChI is InChI=1S/C9H8BrF2NO/c10-5-1-6(11)8(12)7(9(5)14)4-2-13-3-4/h1,4,13-14H,2-3H2. The van der Waals surface area contributed by atoms with E-state index >= 15 is 0 Å². The number of rotatable bonds is 1. The van der Waals surface area contributed by atoms with E-state index in [-0.39, 0.29) is 21.7 Å². The third-order valence-electron chi connectivity index (χ3n) is 2.37. The molecule has 76 valence electrons. The number of halogens is 3. The number of benzene rings is 1. The van der Waals surface area contributed by atoms with E-state index < -0.39 is 11.6 Å². The molecule has 0 atom stereocenters. The van der Waals surface area contributed by atoms with Crippen molar-refractivity contribution in [3.8, 4) is 5.75 Å². The van der Waals surface area contributed by atoms with Crippen LogP contribution in [0.3, 0.4) is 0 Å². The molecule has 2 N–H and O–H groups in total. The van der Waals surface area contributed by atoms with Gasteiger partial charge in [0, 0.05) is 24.6 Å². The fraction of sp³-hybridized carbons (Fsp3) is 0.333. The summed E-state index contributed by atoms with van der Waals surface area (Å²) in [5.74, 6) is -2.22. The molecule has 2 rings (SSSR count). The summed E-state index contributed by atoms with van der Waals surface area (Å²) in [5, 5.41) is 12.5. The molecule has 0 spiro atoms. The maximum atomic E-state index is 13.3. The van der Waals surface area contributed by atoms with Gasteiger partial charge in [0.1, 0.15) is 5.75 Å². The summed E-state index contributed by atoms with van der Waals surface area (Å²) in [4.78, 5) is 0. The SMILES string of the molecule is Oc1c(Br)cc(F)c(F)c1C1CNC1. The quantitative estimate of drug-likeness (QED) is 0.761. The summed E-state index contributed by atoms with van der Waals surface area (Å²) in [6, 6.07) is 0.931. The van der Waals surface area contributed by atoms with Crippen LogP contribution in [0.15, 0.2) is 10.5 Å². The van der Waals surface area contributed by atoms with Crippen LogP contribution in [-0.2, 0) is 0 Å². The summed E-state index contributed by atoms with van der Waals surface area (Å²) < 4.78 is 26.5. The van der Waals surface area contributed by atoms with Gasteiger partial charge in [0.25, 0.3) is 0 Å². The van der Waals surface area contributed by atoms with Crippen LogP contribution >= 0.6 is 15.9 Å². The molecule has 5 heteroatoms. The first-order chi connectivity index (χ1) is 6.61. The van der Waals surface area contributed by atoms with Gasteiger partial charge in [-0.05, 0) is 22.0 Å². The van der Waals surface area contributed by atoms with Gasteiger partial charge < -0.3 is 10.4 Å². The lowest BCUT2D eigenvalue weighted by Crippen LogP contribution is -2.40. The minimum absolute atomic E-state index is 0.0654. The average molecular weight is 264 g/mol. The minimum atomic E-state index is -0.947. The van der Waals surface area contributed by atoms with Gasteiger partial charge in [0.05, 0.1) is 4.47 Å². The number of phenols is 1. The molecule has 1 fully saturated rings. The number of hydrogen-bond acceptors (Lipinski definition) is 2. The van der Waals surface area contributed by atoms with Crippen LogP contribution in [-0.4, -0.2) is 18.2 Å². The molecule has 0 radical (unpaired) electrons. The molecule has 1 aliphatic heterocycles. The van der Waals surface area contributed by atoms with Crippen LogP contribution in [0.25, 0.3) is 0 Å². The number of phenolic OH excluding ortho intramolecular Hbond substituents is 1. The molecule has 0 aromatic heterocycles. The van der Waals surface area contributed by atoms with E-state index in [0.717, 1.165) is 6.07 Å². The molecule has 0 aliphatic carbocycles. The van der Waals surface area contributed by atoms with E-state index in [1.807, 2.05) is 0 Å². The zero-order chi connectivity index (χ0) is 10.3. The largest absolute Gasteiger partial charge is 0.506 e. The Kier molecular flexibility index (Phi) is 2.45. The highest BCUT2D eigenvalue weighted by atomic mass is 79.9. The third kappa shape index (κ3) is 1.40. The van der Waals surface area contributed by atoms with Gasteiger partial charge in [0.2, 0.25) is 0 Å². The van der Waals surface area contributed by atoms with Crippen molar-refractivity contribution < 1.29 is 13.9 Å². The van der Waals surface area contributed by atoms with Gasteiger partial charge in [-0.1, -0.05) is 0 Å². The Bertz CT molecular complexity index is 353. The molecule has 0 bridgehead atoms. The predicted molar refractivity (Wildman–Crippen MR) is 51.3 cm³/mol. The van der Waals surface area contributed by atoms with Gasteiger partial charge in [-0.25, -0.2) is 8.78 Å². The van der Waals surface area contributed by atoms with Crippen molar-refractivity contribution in [3.05, 3.63) is 27.7 Å². The molecule has 0 amide bonds. The molecule has 0 unspecified atom stereocenters. The van der Waals surface area contributed by atoms with Gasteiger partial charge >= 0.3 is 0 Å². The van der Waals surface area contributed by atoms with E-state index in [2.05, 4.69) is 21.2 Å². The maximum absolute atomic E-state index is 13.3. The lowest BCUT2D eigenvalue weighted by atomic mass is 9.92. The smallest absolute Gasteiger partial charge is 0.166 e. The fourth-order valence-corrected chi connectivity index (χ4v) is 1.88. The number of aromatic hydroxyl groups is 1. The van der Waals surface area contributed by atoms with Crippen LogP contribution in [0.2, 0.25) is 0 Å². The fourth-order valence-electron chi connectivity index (χ4n) is 1.47. The Balaban J connectivity index is 2.54. The summed E-state index contributed by atoms with van der Waals surface area (Å²) in [7, 11) is 0. The van der Waals surface area contributed by atoms with Gasteiger partial charge in [-0.3, -0.25) is 0 Å². The van der Waals surface area contributed by atoms with E-state index in [0.29, 0.717) is 13.1 Å². The van der Waals surface area contributed by atoms with Crippen molar-refractivity contribution in [2.24, 2.45) is 0 Å². The summed E-state index contributed by atoms with van der Waals surface area (Å²) >= 11 is 2.98. The molecule has 1 heterocycles. The maximum Gasteiger partial charge on any atom is 0.166 e. The molecule has 1 aromatic carbocycles. The van der Waals surface area contributed by atoms with Crippen molar-refractivity contribution in [1.82, 2.24) is 5.32 Å². The van der Waals surface area contributed by atoms with E-state index in [9.17, 15) is 13.9 Å². The van der Waals surface area contributed by atoms with E-state index in [4.69, 9.17) is 0 Å². The number of hydrogen-bond donors (Lipinski definition) is 2. The first-order valence-corrected chi connectivity index (χ1v) is 4.97. The highest BCUT2D eigenvalue weighted by molar-refractivity contribution is 9.10. The Morgan fingerprint density at radius 2 is 2.07 bits per heavy atom. The van der Waals surface area contributed by atoms with E-state index in [1.165, 1.54) is 0 Å². The Morgan fingerprint density at radius 3 is 2.57 bits per heavy atom. The second-order valence-corrected chi connectivity index (χ2v) is 4.13. The molecule has 1 saturated heterocycles. The van der Waals surface area contributed by atoms with Crippen LogP contribution in [0.5, 0.6) is 5.75 Å². The first-order valence-electron chi connectivity index (χ1n) is 4.18. The van der Waals surface area contributed by atoms with Gasteiger partial charge in [0.15, 0.2) is 11.6 Å². The second kappa shape index (κ2) is 3.47. The monoisotopic (exact) mass is 263 g/mol. The molecule has 1 aliphatic rings. The van der Waals surface area contributed by atoms with Crippen LogP contribution in [0.1, 0.15) is 11.5 Å². The van der Waals surface area contributed by atoms with Crippen molar-refractivity contribution in [3.63, 3.8) is 0 Å². The highest BCUT2D eigenvalue weighted by Crippen LogP contribution is 2.37. The van der Waals surface area contributed by atoms with E-state index in [1.54, 1.807) is 0 Å². The zero-order valence-electron chi connectivity index (χ0n) is 7.15. The Labute approximate surface area is 88.1 Å². The van der Waals surface area contributed by atoms with Crippen molar-refractivity contribution >= 4 is 15.9 Å². The van der Waals surface area contributed by atoms with Gasteiger partial charge in [-0.15, -0.1) is 0 Å². The first kappa shape index (κ1) is 9.86.